The monoisotopic (exact) mass is 200 g/mol. The number of nitrogens with zero attached hydrogens (tertiary/aromatic N) is 1. The van der Waals surface area contributed by atoms with Crippen LogP contribution in [-0.2, 0) is 4.79 Å². The van der Waals surface area contributed by atoms with Crippen LogP contribution >= 0.6 is 0 Å². The van der Waals surface area contributed by atoms with Gasteiger partial charge in [-0.3, -0.25) is 4.79 Å². The normalized spacial score (nSPS) is 10.1. The molecule has 0 saturated heterocycles. The molecule has 5 heteroatoms. The van der Waals surface area contributed by atoms with Crippen molar-refractivity contribution < 1.29 is 14.7 Å². The third kappa shape index (κ3) is 6.05. The Hall–Kier alpha value is -1.52. The number of hydrogen-bond acceptors (Lipinski definition) is 2. The van der Waals surface area contributed by atoms with Gasteiger partial charge < -0.3 is 15.3 Å². The largest absolute Gasteiger partial charge is 0.480 e. The quantitative estimate of drug-likeness (QED) is 0.506. The maximum Gasteiger partial charge on any atom is 0.323 e. The smallest absolute Gasteiger partial charge is 0.323 e. The molecule has 0 unspecified atom stereocenters. The summed E-state index contributed by atoms with van der Waals surface area (Å²) in [6.45, 7) is 2.14. The minimum absolute atomic E-state index is 0.282. The van der Waals surface area contributed by atoms with Crippen molar-refractivity contribution in [3.63, 3.8) is 0 Å². The predicted octanol–water partition coefficient (Wildman–Crippen LogP) is 0.679. The first-order valence-electron chi connectivity index (χ1n) is 4.39. The van der Waals surface area contributed by atoms with E-state index in [0.29, 0.717) is 6.54 Å². The number of hydrogen-bond donors (Lipinski definition) is 2. The number of amides is 2. The Morgan fingerprint density at radius 3 is 2.64 bits per heavy atom. The SMILES string of the molecule is C/C=C/CCNC(=O)N(C)CC(=O)O. The molecule has 0 rings (SSSR count). The Labute approximate surface area is 83.4 Å². The van der Waals surface area contributed by atoms with E-state index in [-0.39, 0.29) is 12.6 Å². The van der Waals surface area contributed by atoms with Gasteiger partial charge in [0, 0.05) is 13.6 Å². The van der Waals surface area contributed by atoms with Crippen molar-refractivity contribution in [3.05, 3.63) is 12.2 Å². The van der Waals surface area contributed by atoms with Crippen LogP contribution in [0.4, 0.5) is 4.79 Å². The molecule has 0 spiro atoms. The zero-order valence-corrected chi connectivity index (χ0v) is 8.49. The highest BCUT2D eigenvalue weighted by Crippen LogP contribution is 1.85. The summed E-state index contributed by atoms with van der Waals surface area (Å²) < 4.78 is 0. The third-order valence-electron chi connectivity index (χ3n) is 1.54. The number of carbonyl (C=O) groups is 2. The van der Waals surface area contributed by atoms with Crippen molar-refractivity contribution in [1.82, 2.24) is 10.2 Å². The molecule has 0 radical (unpaired) electrons. The molecule has 0 fully saturated rings. The first-order valence-corrected chi connectivity index (χ1v) is 4.39. The molecule has 0 aromatic heterocycles. The van der Waals surface area contributed by atoms with Crippen molar-refractivity contribution in [2.75, 3.05) is 20.1 Å². The molecule has 0 bridgehead atoms. The summed E-state index contributed by atoms with van der Waals surface area (Å²) in [7, 11) is 1.44. The predicted molar refractivity (Wildman–Crippen MR) is 53.1 cm³/mol. The van der Waals surface area contributed by atoms with Crippen LogP contribution in [0, 0.1) is 0 Å². The molecule has 0 saturated carbocycles. The van der Waals surface area contributed by atoms with E-state index in [9.17, 15) is 9.59 Å². The summed E-state index contributed by atoms with van der Waals surface area (Å²) in [6.07, 6.45) is 4.58. The van der Waals surface area contributed by atoms with E-state index in [0.717, 1.165) is 11.3 Å². The molecule has 2 amide bonds. The van der Waals surface area contributed by atoms with Crippen LogP contribution in [0.25, 0.3) is 0 Å². The van der Waals surface area contributed by atoms with E-state index >= 15 is 0 Å². The minimum Gasteiger partial charge on any atom is -0.480 e. The average molecular weight is 200 g/mol. The molecule has 0 aliphatic carbocycles. The van der Waals surface area contributed by atoms with Gasteiger partial charge in [-0.25, -0.2) is 4.79 Å². The van der Waals surface area contributed by atoms with Crippen LogP contribution in [0.15, 0.2) is 12.2 Å². The van der Waals surface area contributed by atoms with Crippen LogP contribution in [-0.4, -0.2) is 42.1 Å². The Kier molecular flexibility index (Phi) is 6.19. The Morgan fingerprint density at radius 2 is 2.14 bits per heavy atom. The fourth-order valence-electron chi connectivity index (χ4n) is 0.839. The number of urea groups is 1. The van der Waals surface area contributed by atoms with Crippen molar-refractivity contribution in [2.24, 2.45) is 0 Å². The van der Waals surface area contributed by atoms with Crippen molar-refractivity contribution >= 4 is 12.0 Å². The average Bonchev–Trinajstić information content (AvgIpc) is 2.11. The Morgan fingerprint density at radius 1 is 1.50 bits per heavy atom. The number of carboxylic acids is 1. The lowest BCUT2D eigenvalue weighted by molar-refractivity contribution is -0.137. The molecule has 0 aliphatic rings. The van der Waals surface area contributed by atoms with Gasteiger partial charge in [0.1, 0.15) is 6.54 Å². The minimum atomic E-state index is -1.02. The van der Waals surface area contributed by atoms with Crippen molar-refractivity contribution in [3.8, 4) is 0 Å². The number of nitrogens with one attached hydrogen (secondary N) is 1. The number of carbonyl (C=O) groups excluding carboxylic acids is 1. The Bertz CT molecular complexity index is 226. The van der Waals surface area contributed by atoms with Crippen LogP contribution in [0.2, 0.25) is 0 Å². The molecule has 5 nitrogen and oxygen atoms in total. The number of allylic oxidation sites excluding steroid dienone is 1. The standard InChI is InChI=1S/C9H16N2O3/c1-3-4-5-6-10-9(14)11(2)7-8(12)13/h3-4H,5-7H2,1-2H3,(H,10,14)(H,12,13)/b4-3+. The van der Waals surface area contributed by atoms with Gasteiger partial charge in [0.2, 0.25) is 0 Å². The molecule has 0 heterocycles. The first-order chi connectivity index (χ1) is 6.57. The van der Waals surface area contributed by atoms with E-state index in [1.54, 1.807) is 0 Å². The zero-order valence-electron chi connectivity index (χ0n) is 8.49. The van der Waals surface area contributed by atoms with Gasteiger partial charge in [-0.05, 0) is 13.3 Å². The van der Waals surface area contributed by atoms with Gasteiger partial charge in [-0.1, -0.05) is 12.2 Å². The zero-order chi connectivity index (χ0) is 11.0. The number of likely N-dealkylation sites (N-methyl/N-ethyl adjacent to an activating group) is 1. The van der Waals surface area contributed by atoms with Crippen LogP contribution in [0.5, 0.6) is 0 Å². The summed E-state index contributed by atoms with van der Waals surface area (Å²) in [5, 5.41) is 11.0. The van der Waals surface area contributed by atoms with E-state index in [2.05, 4.69) is 5.32 Å². The Balaban J connectivity index is 3.67. The second kappa shape index (κ2) is 6.94. The fraction of sp³-hybridized carbons (Fsp3) is 0.556. The summed E-state index contributed by atoms with van der Waals surface area (Å²) >= 11 is 0. The summed E-state index contributed by atoms with van der Waals surface area (Å²) in [4.78, 5) is 22.5. The lowest BCUT2D eigenvalue weighted by Gasteiger charge is -2.14. The molecule has 0 aromatic rings. The summed E-state index contributed by atoms with van der Waals surface area (Å²) in [6, 6.07) is -0.364. The maximum absolute atomic E-state index is 11.2. The van der Waals surface area contributed by atoms with Crippen molar-refractivity contribution in [2.45, 2.75) is 13.3 Å². The van der Waals surface area contributed by atoms with Gasteiger partial charge in [-0.15, -0.1) is 0 Å². The molecule has 14 heavy (non-hydrogen) atoms. The highest BCUT2D eigenvalue weighted by molar-refractivity contribution is 5.79. The molecular formula is C9H16N2O3. The van der Waals surface area contributed by atoms with E-state index in [4.69, 9.17) is 5.11 Å². The number of aliphatic carboxylic acids is 1. The number of carboxylic acid groups (broad SMARTS) is 1. The molecule has 0 atom stereocenters. The molecule has 0 aliphatic heterocycles. The second-order valence-corrected chi connectivity index (χ2v) is 2.84. The van der Waals surface area contributed by atoms with Gasteiger partial charge in [0.05, 0.1) is 0 Å². The molecule has 0 aromatic carbocycles. The maximum atomic E-state index is 11.2. The van der Waals surface area contributed by atoms with Crippen LogP contribution < -0.4 is 5.32 Å². The second-order valence-electron chi connectivity index (χ2n) is 2.84. The summed E-state index contributed by atoms with van der Waals surface area (Å²) in [5.41, 5.74) is 0. The highest BCUT2D eigenvalue weighted by atomic mass is 16.4. The van der Waals surface area contributed by atoms with Crippen LogP contribution in [0.1, 0.15) is 13.3 Å². The third-order valence-corrected chi connectivity index (χ3v) is 1.54. The first kappa shape index (κ1) is 12.5. The van der Waals surface area contributed by atoms with E-state index < -0.39 is 5.97 Å². The fourth-order valence-corrected chi connectivity index (χ4v) is 0.839. The van der Waals surface area contributed by atoms with Gasteiger partial charge >= 0.3 is 12.0 Å². The van der Waals surface area contributed by atoms with Gasteiger partial charge in [0.25, 0.3) is 0 Å². The van der Waals surface area contributed by atoms with Gasteiger partial charge in [-0.2, -0.15) is 0 Å². The van der Waals surface area contributed by atoms with Crippen molar-refractivity contribution in [1.29, 1.82) is 0 Å². The molecular weight excluding hydrogens is 184 g/mol. The van der Waals surface area contributed by atoms with Crippen LogP contribution in [0.3, 0.4) is 0 Å². The number of rotatable bonds is 5. The highest BCUT2D eigenvalue weighted by Gasteiger charge is 2.09. The topological polar surface area (TPSA) is 69.6 Å². The van der Waals surface area contributed by atoms with Gasteiger partial charge in [0.15, 0.2) is 0 Å². The molecule has 2 N–H and O–H groups in total. The van der Waals surface area contributed by atoms with E-state index in [1.807, 2.05) is 19.1 Å². The molecule has 80 valence electrons. The lowest BCUT2D eigenvalue weighted by Crippen LogP contribution is -2.40. The summed E-state index contributed by atoms with van der Waals surface area (Å²) in [5.74, 6) is -1.02. The van der Waals surface area contributed by atoms with E-state index in [1.165, 1.54) is 7.05 Å². The lowest BCUT2D eigenvalue weighted by atomic mass is 10.4.